The molecule has 8 nitrogen and oxygen atoms in total. The second kappa shape index (κ2) is 9.80. The van der Waals surface area contributed by atoms with E-state index in [0.717, 1.165) is 0 Å². The van der Waals surface area contributed by atoms with Crippen LogP contribution in [0.4, 0.5) is 4.79 Å². The molecule has 1 aromatic carbocycles. The van der Waals surface area contributed by atoms with Crippen molar-refractivity contribution in [3.8, 4) is 0 Å². The molecule has 2 atom stereocenters. The molecule has 1 aromatic rings. The van der Waals surface area contributed by atoms with Crippen LogP contribution >= 0.6 is 11.6 Å². The zero-order valence-corrected chi connectivity index (χ0v) is 19.0. The number of hydrogen-bond donors (Lipinski definition) is 1. The van der Waals surface area contributed by atoms with Gasteiger partial charge >= 0.3 is 12.1 Å². The van der Waals surface area contributed by atoms with Gasteiger partial charge < -0.3 is 14.4 Å². The van der Waals surface area contributed by atoms with Gasteiger partial charge in [-0.3, -0.25) is 0 Å². The lowest BCUT2D eigenvalue weighted by Crippen LogP contribution is -2.41. The molecule has 1 N–H and O–H groups in total. The summed E-state index contributed by atoms with van der Waals surface area (Å²) in [5.74, 6) is -0.535. The van der Waals surface area contributed by atoms with E-state index in [4.69, 9.17) is 21.1 Å². The van der Waals surface area contributed by atoms with Crippen LogP contribution in [0.25, 0.3) is 0 Å². The number of likely N-dealkylation sites (tertiary alicyclic amines) is 1. The Bertz CT molecular complexity index is 893. The van der Waals surface area contributed by atoms with Crippen LogP contribution in [0.3, 0.4) is 0 Å². The van der Waals surface area contributed by atoms with Crippen LogP contribution < -0.4 is 4.72 Å². The Kier molecular flexibility index (Phi) is 7.90. The fourth-order valence-electron chi connectivity index (χ4n) is 2.95. The largest absolute Gasteiger partial charge is 0.463 e. The van der Waals surface area contributed by atoms with Gasteiger partial charge in [-0.15, -0.1) is 0 Å². The molecule has 30 heavy (non-hydrogen) atoms. The molecule has 0 aliphatic carbocycles. The highest BCUT2D eigenvalue weighted by atomic mass is 35.5. The van der Waals surface area contributed by atoms with Crippen molar-refractivity contribution in [2.24, 2.45) is 0 Å². The fourth-order valence-corrected chi connectivity index (χ4v) is 4.31. The van der Waals surface area contributed by atoms with E-state index >= 15 is 0 Å². The number of hydrogen-bond acceptors (Lipinski definition) is 6. The summed E-state index contributed by atoms with van der Waals surface area (Å²) in [5, 5.41) is 0.426. The predicted octanol–water partition coefficient (Wildman–Crippen LogP) is 3.12. The first kappa shape index (κ1) is 24.2. The second-order valence-corrected chi connectivity index (χ2v) is 9.97. The quantitative estimate of drug-likeness (QED) is 0.519. The SMILES string of the molecule is CCOC(=O)/C=C/[C@@H]1C[C@@H](NS(=O)(=O)c2ccc(Cl)cc2)CN1C(=O)OC(C)(C)C. The van der Waals surface area contributed by atoms with E-state index in [1.165, 1.54) is 41.3 Å². The van der Waals surface area contributed by atoms with Crippen molar-refractivity contribution in [1.29, 1.82) is 0 Å². The van der Waals surface area contributed by atoms with Crippen LogP contribution in [0.2, 0.25) is 5.02 Å². The van der Waals surface area contributed by atoms with Crippen molar-refractivity contribution in [1.82, 2.24) is 9.62 Å². The molecule has 1 fully saturated rings. The van der Waals surface area contributed by atoms with Gasteiger partial charge in [-0.25, -0.2) is 22.7 Å². The van der Waals surface area contributed by atoms with Gasteiger partial charge in [-0.05, 0) is 58.4 Å². The molecule has 1 saturated heterocycles. The maximum absolute atomic E-state index is 12.7. The van der Waals surface area contributed by atoms with E-state index in [2.05, 4.69) is 4.72 Å². The average molecular weight is 459 g/mol. The number of ether oxygens (including phenoxy) is 2. The van der Waals surface area contributed by atoms with E-state index in [-0.39, 0.29) is 24.5 Å². The monoisotopic (exact) mass is 458 g/mol. The Hall–Kier alpha value is -2.10. The summed E-state index contributed by atoms with van der Waals surface area (Å²) in [6.07, 6.45) is 2.46. The number of nitrogens with one attached hydrogen (secondary N) is 1. The van der Waals surface area contributed by atoms with E-state index in [1.54, 1.807) is 27.7 Å². The third-order valence-electron chi connectivity index (χ3n) is 4.16. The molecule has 0 saturated carbocycles. The van der Waals surface area contributed by atoms with E-state index in [9.17, 15) is 18.0 Å². The van der Waals surface area contributed by atoms with Crippen LogP contribution in [0.15, 0.2) is 41.3 Å². The summed E-state index contributed by atoms with van der Waals surface area (Å²) >= 11 is 5.82. The van der Waals surface area contributed by atoms with Crippen LogP contribution in [-0.4, -0.2) is 56.2 Å². The third-order valence-corrected chi connectivity index (χ3v) is 5.95. The predicted molar refractivity (Wildman–Crippen MR) is 113 cm³/mol. The van der Waals surface area contributed by atoms with Crippen molar-refractivity contribution in [3.63, 3.8) is 0 Å². The lowest BCUT2D eigenvalue weighted by Gasteiger charge is -2.27. The van der Waals surface area contributed by atoms with E-state index < -0.39 is 39.8 Å². The second-order valence-electron chi connectivity index (χ2n) is 7.82. The molecular formula is C20H27ClN2O6S. The molecule has 1 aliphatic rings. The van der Waals surface area contributed by atoms with E-state index in [1.807, 2.05) is 0 Å². The molecule has 1 aliphatic heterocycles. The Morgan fingerprint density at radius 3 is 2.47 bits per heavy atom. The first-order valence-electron chi connectivity index (χ1n) is 9.54. The standard InChI is InChI=1S/C20H27ClN2O6S/c1-5-28-18(24)11-8-16-12-15(13-23(16)19(25)29-20(2,3)4)22-30(26,27)17-9-6-14(21)7-10-17/h6-11,15-16,22H,5,12-13H2,1-4H3/b11-8+/t15-,16-/m1/s1. The molecule has 0 aromatic heterocycles. The number of nitrogens with zero attached hydrogens (tertiary/aromatic N) is 1. The van der Waals surface area contributed by atoms with E-state index in [0.29, 0.717) is 5.02 Å². The molecule has 0 radical (unpaired) electrons. The lowest BCUT2D eigenvalue weighted by molar-refractivity contribution is -0.137. The molecule has 0 spiro atoms. The van der Waals surface area contributed by atoms with Crippen molar-refractivity contribution in [2.75, 3.05) is 13.2 Å². The Morgan fingerprint density at radius 2 is 1.90 bits per heavy atom. The topological polar surface area (TPSA) is 102 Å². The molecule has 0 unspecified atom stereocenters. The van der Waals surface area contributed by atoms with Crippen molar-refractivity contribution in [2.45, 2.75) is 56.7 Å². The van der Waals surface area contributed by atoms with Gasteiger partial charge in [0.1, 0.15) is 5.60 Å². The maximum Gasteiger partial charge on any atom is 0.410 e. The van der Waals surface area contributed by atoms with Crippen LogP contribution in [0.5, 0.6) is 0 Å². The molecular weight excluding hydrogens is 432 g/mol. The number of carbonyl (C=O) groups excluding carboxylic acids is 2. The van der Waals surface area contributed by atoms with Crippen LogP contribution in [0.1, 0.15) is 34.1 Å². The first-order chi connectivity index (χ1) is 13.9. The highest BCUT2D eigenvalue weighted by Crippen LogP contribution is 2.24. The number of carbonyl (C=O) groups is 2. The smallest absolute Gasteiger partial charge is 0.410 e. The Balaban J connectivity index is 2.18. The zero-order valence-electron chi connectivity index (χ0n) is 17.4. The van der Waals surface area contributed by atoms with Gasteiger partial charge in [0.2, 0.25) is 10.0 Å². The molecule has 0 bridgehead atoms. The maximum atomic E-state index is 12.7. The highest BCUT2D eigenvalue weighted by molar-refractivity contribution is 7.89. The van der Waals surface area contributed by atoms with Gasteiger partial charge in [0.25, 0.3) is 0 Å². The summed E-state index contributed by atoms with van der Waals surface area (Å²) < 4.78 is 38.3. The minimum absolute atomic E-state index is 0.0706. The summed E-state index contributed by atoms with van der Waals surface area (Å²) in [5.41, 5.74) is -0.715. The van der Waals surface area contributed by atoms with Gasteiger partial charge in [0.05, 0.1) is 17.5 Å². The number of sulfonamides is 1. The molecule has 10 heteroatoms. The van der Waals surface area contributed by atoms with Crippen molar-refractivity contribution < 1.29 is 27.5 Å². The summed E-state index contributed by atoms with van der Waals surface area (Å²) in [6.45, 7) is 7.24. The molecule has 1 heterocycles. The summed E-state index contributed by atoms with van der Waals surface area (Å²) in [7, 11) is -3.81. The Morgan fingerprint density at radius 1 is 1.27 bits per heavy atom. The third kappa shape index (κ3) is 7.00. The van der Waals surface area contributed by atoms with Crippen molar-refractivity contribution in [3.05, 3.63) is 41.4 Å². The number of halogens is 1. The summed E-state index contributed by atoms with van der Waals surface area (Å²) in [4.78, 5) is 25.8. The van der Waals surface area contributed by atoms with Gasteiger partial charge in [-0.1, -0.05) is 17.7 Å². The minimum atomic E-state index is -3.81. The summed E-state index contributed by atoms with van der Waals surface area (Å²) in [6, 6.07) is 4.70. The van der Waals surface area contributed by atoms with Crippen LogP contribution in [0, 0.1) is 0 Å². The molecule has 1 amide bonds. The number of rotatable bonds is 6. The first-order valence-corrected chi connectivity index (χ1v) is 11.4. The molecule has 166 valence electrons. The van der Waals surface area contributed by atoms with Gasteiger partial charge in [0, 0.05) is 23.7 Å². The Labute approximate surface area is 182 Å². The lowest BCUT2D eigenvalue weighted by atomic mass is 10.1. The highest BCUT2D eigenvalue weighted by Gasteiger charge is 2.38. The molecule has 2 rings (SSSR count). The van der Waals surface area contributed by atoms with Gasteiger partial charge in [-0.2, -0.15) is 0 Å². The zero-order chi connectivity index (χ0) is 22.5. The van der Waals surface area contributed by atoms with Crippen LogP contribution in [-0.2, 0) is 24.3 Å². The average Bonchev–Trinajstić information content (AvgIpc) is 3.01. The van der Waals surface area contributed by atoms with Crippen molar-refractivity contribution >= 4 is 33.7 Å². The number of benzene rings is 1. The number of esters is 1. The normalized spacial score (nSPS) is 19.8. The fraction of sp³-hybridized carbons (Fsp3) is 0.500. The minimum Gasteiger partial charge on any atom is -0.463 e. The number of amides is 1. The van der Waals surface area contributed by atoms with Gasteiger partial charge in [0.15, 0.2) is 0 Å².